The van der Waals surface area contributed by atoms with Crippen LogP contribution in [0.4, 0.5) is 4.79 Å². The highest BCUT2D eigenvalue weighted by Crippen LogP contribution is 2.35. The standard InChI is InChI=1S/C16H20N4O2S/c1-17-16(22)19-14(21)10-20-9-5-4-7-12(20)15-18-11-6-2-3-8-13(11)23-15/h2-3,6,8,12H,4-5,7,9-10H2,1H3,(H2,17,19,21,22)/t12-/m1/s1. The number of carbonyl (C=O) groups excluding carboxylic acids is 2. The quantitative estimate of drug-likeness (QED) is 0.904. The molecule has 3 amide bonds. The first-order chi connectivity index (χ1) is 11.2. The monoisotopic (exact) mass is 332 g/mol. The average Bonchev–Trinajstić information content (AvgIpc) is 2.99. The van der Waals surface area contributed by atoms with Gasteiger partial charge in [0, 0.05) is 7.05 Å². The first kappa shape index (κ1) is 15.9. The Morgan fingerprint density at radius 3 is 2.96 bits per heavy atom. The highest BCUT2D eigenvalue weighted by Gasteiger charge is 2.28. The molecule has 2 N–H and O–H groups in total. The highest BCUT2D eigenvalue weighted by atomic mass is 32.1. The van der Waals surface area contributed by atoms with Gasteiger partial charge in [-0.25, -0.2) is 9.78 Å². The van der Waals surface area contributed by atoms with Crippen LogP contribution in [0.5, 0.6) is 0 Å². The summed E-state index contributed by atoms with van der Waals surface area (Å²) >= 11 is 1.69. The van der Waals surface area contributed by atoms with E-state index >= 15 is 0 Å². The smallest absolute Gasteiger partial charge is 0.321 e. The third kappa shape index (κ3) is 3.68. The number of hydrogen-bond donors (Lipinski definition) is 2. The molecule has 0 bridgehead atoms. The van der Waals surface area contributed by atoms with E-state index in [4.69, 9.17) is 4.98 Å². The SMILES string of the molecule is CNC(=O)NC(=O)CN1CCCC[C@@H]1c1nc2ccccc2s1. The summed E-state index contributed by atoms with van der Waals surface area (Å²) in [6, 6.07) is 7.77. The van der Waals surface area contributed by atoms with Crippen LogP contribution in [0, 0.1) is 0 Å². The van der Waals surface area contributed by atoms with E-state index in [9.17, 15) is 9.59 Å². The number of nitrogens with one attached hydrogen (secondary N) is 2. The average molecular weight is 332 g/mol. The number of amides is 3. The summed E-state index contributed by atoms with van der Waals surface area (Å²) in [7, 11) is 1.49. The predicted molar refractivity (Wildman–Crippen MR) is 90.4 cm³/mol. The van der Waals surface area contributed by atoms with Crippen molar-refractivity contribution < 1.29 is 9.59 Å². The second kappa shape index (κ2) is 7.06. The molecule has 122 valence electrons. The zero-order valence-electron chi connectivity index (χ0n) is 13.0. The van der Waals surface area contributed by atoms with Crippen LogP contribution >= 0.6 is 11.3 Å². The summed E-state index contributed by atoms with van der Waals surface area (Å²) in [5, 5.41) is 5.78. The molecule has 7 heteroatoms. The number of thiazole rings is 1. The number of hydrogen-bond acceptors (Lipinski definition) is 5. The van der Waals surface area contributed by atoms with Crippen LogP contribution in [0.1, 0.15) is 30.3 Å². The normalized spacial score (nSPS) is 18.7. The fraction of sp³-hybridized carbons (Fsp3) is 0.438. The first-order valence-corrected chi connectivity index (χ1v) is 8.60. The van der Waals surface area contributed by atoms with Crippen molar-refractivity contribution in [3.05, 3.63) is 29.3 Å². The van der Waals surface area contributed by atoms with E-state index < -0.39 is 6.03 Å². The zero-order valence-corrected chi connectivity index (χ0v) is 13.9. The molecule has 0 unspecified atom stereocenters. The summed E-state index contributed by atoms with van der Waals surface area (Å²) in [5.74, 6) is -0.280. The van der Waals surface area contributed by atoms with E-state index in [1.165, 1.54) is 11.7 Å². The van der Waals surface area contributed by atoms with Crippen molar-refractivity contribution in [1.29, 1.82) is 0 Å². The number of likely N-dealkylation sites (tertiary alicyclic amines) is 1. The summed E-state index contributed by atoms with van der Waals surface area (Å²) in [6.07, 6.45) is 3.19. The predicted octanol–water partition coefficient (Wildman–Crippen LogP) is 2.28. The van der Waals surface area contributed by atoms with Gasteiger partial charge in [0.2, 0.25) is 5.91 Å². The molecular formula is C16H20N4O2S. The molecule has 1 fully saturated rings. The Labute approximate surface area is 138 Å². The number of fused-ring (bicyclic) bond motifs is 1. The number of rotatable bonds is 3. The van der Waals surface area contributed by atoms with Crippen LogP contribution < -0.4 is 10.6 Å². The van der Waals surface area contributed by atoms with E-state index in [2.05, 4.69) is 21.6 Å². The molecule has 0 spiro atoms. The second-order valence-corrected chi connectivity index (χ2v) is 6.69. The molecule has 1 aromatic heterocycles. The van der Waals surface area contributed by atoms with Crippen molar-refractivity contribution in [3.8, 4) is 0 Å². The molecule has 0 radical (unpaired) electrons. The van der Waals surface area contributed by atoms with Crippen LogP contribution in [0.25, 0.3) is 10.2 Å². The van der Waals surface area contributed by atoms with Crippen molar-refractivity contribution in [3.63, 3.8) is 0 Å². The van der Waals surface area contributed by atoms with Crippen molar-refractivity contribution >= 4 is 33.5 Å². The summed E-state index contributed by atoms with van der Waals surface area (Å²) in [6.45, 7) is 1.07. The number of nitrogens with zero attached hydrogens (tertiary/aromatic N) is 2. The molecule has 3 rings (SSSR count). The fourth-order valence-corrected chi connectivity index (χ4v) is 4.04. The molecule has 2 aromatic rings. The van der Waals surface area contributed by atoms with Crippen molar-refractivity contribution in [2.24, 2.45) is 0 Å². The van der Waals surface area contributed by atoms with Gasteiger partial charge in [0.25, 0.3) is 0 Å². The van der Waals surface area contributed by atoms with Crippen LogP contribution in [0.2, 0.25) is 0 Å². The maximum atomic E-state index is 12.0. The van der Waals surface area contributed by atoms with Gasteiger partial charge in [0.15, 0.2) is 0 Å². The molecule has 0 saturated carbocycles. The number of aromatic nitrogens is 1. The Morgan fingerprint density at radius 2 is 2.17 bits per heavy atom. The van der Waals surface area contributed by atoms with Gasteiger partial charge < -0.3 is 5.32 Å². The maximum Gasteiger partial charge on any atom is 0.321 e. The molecule has 1 aliphatic heterocycles. The van der Waals surface area contributed by atoms with E-state index in [0.29, 0.717) is 0 Å². The second-order valence-electron chi connectivity index (χ2n) is 5.63. The third-order valence-electron chi connectivity index (χ3n) is 4.04. The van der Waals surface area contributed by atoms with E-state index in [0.717, 1.165) is 36.3 Å². The number of carbonyl (C=O) groups is 2. The minimum atomic E-state index is -0.469. The summed E-state index contributed by atoms with van der Waals surface area (Å²) < 4.78 is 1.17. The van der Waals surface area contributed by atoms with Crippen LogP contribution in [0.3, 0.4) is 0 Å². The summed E-state index contributed by atoms with van der Waals surface area (Å²) in [4.78, 5) is 30.1. The van der Waals surface area contributed by atoms with Crippen molar-refractivity contribution in [2.45, 2.75) is 25.3 Å². The van der Waals surface area contributed by atoms with Gasteiger partial charge in [-0.05, 0) is 31.5 Å². The first-order valence-electron chi connectivity index (χ1n) is 7.78. The van der Waals surface area contributed by atoms with Gasteiger partial charge in [-0.15, -0.1) is 11.3 Å². The van der Waals surface area contributed by atoms with Crippen molar-refractivity contribution in [1.82, 2.24) is 20.5 Å². The zero-order chi connectivity index (χ0) is 16.2. The number of para-hydroxylation sites is 1. The van der Waals surface area contributed by atoms with Gasteiger partial charge in [-0.3, -0.25) is 15.0 Å². The van der Waals surface area contributed by atoms with E-state index in [1.54, 1.807) is 11.3 Å². The van der Waals surface area contributed by atoms with Crippen LogP contribution in [-0.2, 0) is 4.79 Å². The Hall–Kier alpha value is -1.99. The van der Waals surface area contributed by atoms with Crippen LogP contribution in [0.15, 0.2) is 24.3 Å². The van der Waals surface area contributed by atoms with Gasteiger partial charge in [-0.2, -0.15) is 0 Å². The molecule has 6 nitrogen and oxygen atoms in total. The van der Waals surface area contributed by atoms with E-state index in [-0.39, 0.29) is 18.5 Å². The minimum Gasteiger partial charge on any atom is -0.341 e. The molecule has 1 aliphatic rings. The van der Waals surface area contributed by atoms with E-state index in [1.807, 2.05) is 18.2 Å². The number of imide groups is 1. The maximum absolute atomic E-state index is 12.0. The molecule has 23 heavy (non-hydrogen) atoms. The number of piperidine rings is 1. The Morgan fingerprint density at radius 1 is 1.35 bits per heavy atom. The molecule has 1 saturated heterocycles. The Balaban J connectivity index is 1.75. The number of urea groups is 1. The van der Waals surface area contributed by atoms with Gasteiger partial charge in [0.1, 0.15) is 5.01 Å². The van der Waals surface area contributed by atoms with Gasteiger partial charge >= 0.3 is 6.03 Å². The van der Waals surface area contributed by atoms with Gasteiger partial charge in [0.05, 0.1) is 22.8 Å². The molecule has 1 atom stereocenters. The third-order valence-corrected chi connectivity index (χ3v) is 5.17. The minimum absolute atomic E-state index is 0.150. The summed E-state index contributed by atoms with van der Waals surface area (Å²) in [5.41, 5.74) is 1.01. The lowest BCUT2D eigenvalue weighted by Crippen LogP contribution is -2.45. The fourth-order valence-electron chi connectivity index (χ4n) is 2.91. The van der Waals surface area contributed by atoms with Gasteiger partial charge in [-0.1, -0.05) is 18.6 Å². The number of benzene rings is 1. The Bertz CT molecular complexity index is 682. The molecular weight excluding hydrogens is 312 g/mol. The van der Waals surface area contributed by atoms with Crippen molar-refractivity contribution in [2.75, 3.05) is 20.1 Å². The lowest BCUT2D eigenvalue weighted by Gasteiger charge is -2.33. The lowest BCUT2D eigenvalue weighted by atomic mass is 10.0. The largest absolute Gasteiger partial charge is 0.341 e. The van der Waals surface area contributed by atoms with Crippen LogP contribution in [-0.4, -0.2) is 42.0 Å². The topological polar surface area (TPSA) is 74.3 Å². The lowest BCUT2D eigenvalue weighted by molar-refractivity contribution is -0.122. The Kier molecular flexibility index (Phi) is 4.88. The molecule has 1 aromatic carbocycles. The molecule has 2 heterocycles. The molecule has 0 aliphatic carbocycles. The highest BCUT2D eigenvalue weighted by molar-refractivity contribution is 7.18.